The van der Waals surface area contributed by atoms with Gasteiger partial charge in [0.25, 0.3) is 0 Å². The molecule has 76 valence electrons. The summed E-state index contributed by atoms with van der Waals surface area (Å²) in [5.41, 5.74) is 3.12. The van der Waals surface area contributed by atoms with E-state index < -0.39 is 0 Å². The van der Waals surface area contributed by atoms with E-state index in [9.17, 15) is 0 Å². The summed E-state index contributed by atoms with van der Waals surface area (Å²) in [5, 5.41) is 8.21. The van der Waals surface area contributed by atoms with E-state index in [2.05, 4.69) is 6.08 Å². The van der Waals surface area contributed by atoms with Crippen LogP contribution in [0, 0.1) is 17.2 Å². The number of allylic oxidation sites excluding steroid dienone is 2. The summed E-state index contributed by atoms with van der Waals surface area (Å²) in [6.45, 7) is 0. The average molecular weight is 197 g/mol. The van der Waals surface area contributed by atoms with Gasteiger partial charge in [-0.2, -0.15) is 0 Å². The van der Waals surface area contributed by atoms with Gasteiger partial charge in [-0.25, -0.2) is 0 Å². The zero-order chi connectivity index (χ0) is 10.3. The lowest BCUT2D eigenvalue weighted by Gasteiger charge is -2.13. The van der Waals surface area contributed by atoms with Gasteiger partial charge in [0, 0.05) is 0 Å². The van der Waals surface area contributed by atoms with Gasteiger partial charge < -0.3 is 0 Å². The Morgan fingerprint density at radius 3 is 2.80 bits per heavy atom. The van der Waals surface area contributed by atoms with Crippen molar-refractivity contribution in [2.45, 2.75) is 19.3 Å². The molecule has 0 amide bonds. The fourth-order valence-corrected chi connectivity index (χ4v) is 2.61. The second-order valence-electron chi connectivity index (χ2n) is 4.58. The van der Waals surface area contributed by atoms with Gasteiger partial charge in [-0.3, -0.25) is 5.41 Å². The third-order valence-corrected chi connectivity index (χ3v) is 3.57. The Hall–Kier alpha value is -1.37. The second kappa shape index (κ2) is 3.34. The van der Waals surface area contributed by atoms with Crippen LogP contribution in [0.2, 0.25) is 0 Å². The van der Waals surface area contributed by atoms with E-state index >= 15 is 0 Å². The Labute approximate surface area is 90.3 Å². The molecule has 1 heteroatoms. The lowest BCUT2D eigenvalue weighted by Crippen LogP contribution is -2.08. The summed E-state index contributed by atoms with van der Waals surface area (Å²) in [6, 6.07) is 10.1. The minimum absolute atomic E-state index is 0.714. The van der Waals surface area contributed by atoms with Gasteiger partial charge in [0.15, 0.2) is 0 Å². The molecule has 3 rings (SSSR count). The molecule has 0 saturated heterocycles. The predicted octanol–water partition coefficient (Wildman–Crippen LogP) is 3.41. The molecule has 1 nitrogen and oxygen atoms in total. The number of hydrogen-bond acceptors (Lipinski definition) is 1. The van der Waals surface area contributed by atoms with Crippen molar-refractivity contribution in [1.29, 1.82) is 5.41 Å². The molecule has 0 radical (unpaired) electrons. The van der Waals surface area contributed by atoms with E-state index in [1.807, 2.05) is 30.3 Å². The molecule has 0 heterocycles. The molecule has 15 heavy (non-hydrogen) atoms. The molecule has 0 bridgehead atoms. The zero-order valence-corrected chi connectivity index (χ0v) is 8.74. The van der Waals surface area contributed by atoms with E-state index in [4.69, 9.17) is 5.41 Å². The van der Waals surface area contributed by atoms with Crippen LogP contribution in [-0.2, 0) is 0 Å². The van der Waals surface area contributed by atoms with Gasteiger partial charge in [0.1, 0.15) is 0 Å². The van der Waals surface area contributed by atoms with Crippen molar-refractivity contribution >= 4 is 5.71 Å². The quantitative estimate of drug-likeness (QED) is 0.702. The van der Waals surface area contributed by atoms with Crippen molar-refractivity contribution in [3.63, 3.8) is 0 Å². The summed E-state index contributed by atoms with van der Waals surface area (Å²) in [4.78, 5) is 0. The average Bonchev–Trinajstić information content (AvgIpc) is 3.08. The molecule has 0 spiro atoms. The maximum absolute atomic E-state index is 8.21. The summed E-state index contributed by atoms with van der Waals surface area (Å²) < 4.78 is 0. The van der Waals surface area contributed by atoms with Crippen molar-refractivity contribution in [2.24, 2.45) is 11.8 Å². The number of rotatable bonds is 2. The Balaban J connectivity index is 1.89. The van der Waals surface area contributed by atoms with E-state index in [-0.39, 0.29) is 0 Å². The van der Waals surface area contributed by atoms with Crippen LogP contribution in [0.4, 0.5) is 0 Å². The highest BCUT2D eigenvalue weighted by atomic mass is 14.5. The van der Waals surface area contributed by atoms with Crippen LogP contribution in [0.25, 0.3) is 0 Å². The third kappa shape index (κ3) is 1.52. The van der Waals surface area contributed by atoms with Crippen LogP contribution in [0.5, 0.6) is 0 Å². The van der Waals surface area contributed by atoms with Crippen LogP contribution in [0.3, 0.4) is 0 Å². The van der Waals surface area contributed by atoms with Crippen molar-refractivity contribution in [3.05, 3.63) is 47.5 Å². The van der Waals surface area contributed by atoms with Crippen molar-refractivity contribution in [1.82, 2.24) is 0 Å². The lowest BCUT2D eigenvalue weighted by molar-refractivity contribution is 0.672. The van der Waals surface area contributed by atoms with Crippen LogP contribution in [0.15, 0.2) is 42.0 Å². The van der Waals surface area contributed by atoms with Crippen molar-refractivity contribution < 1.29 is 0 Å². The molecular formula is C14H15N. The molecule has 0 aliphatic heterocycles. The summed E-state index contributed by atoms with van der Waals surface area (Å²) in [6.07, 6.45) is 6.12. The molecule has 1 saturated carbocycles. The molecular weight excluding hydrogens is 182 g/mol. The maximum Gasteiger partial charge on any atom is 0.0643 e. The number of hydrogen-bond donors (Lipinski definition) is 1. The van der Waals surface area contributed by atoms with Gasteiger partial charge >= 0.3 is 0 Å². The van der Waals surface area contributed by atoms with E-state index in [0.29, 0.717) is 5.92 Å². The molecule has 2 aliphatic carbocycles. The Morgan fingerprint density at radius 1 is 1.20 bits per heavy atom. The highest BCUT2D eigenvalue weighted by Gasteiger charge is 2.42. The van der Waals surface area contributed by atoms with Crippen LogP contribution < -0.4 is 0 Å². The molecule has 1 aromatic rings. The lowest BCUT2D eigenvalue weighted by atomic mass is 9.92. The maximum atomic E-state index is 8.21. The summed E-state index contributed by atoms with van der Waals surface area (Å²) in [5.74, 6) is 1.61. The topological polar surface area (TPSA) is 23.9 Å². The Bertz CT molecular complexity index is 416. The number of benzene rings is 1. The van der Waals surface area contributed by atoms with Gasteiger partial charge in [-0.1, -0.05) is 36.4 Å². The molecule has 1 aromatic carbocycles. The van der Waals surface area contributed by atoms with Crippen LogP contribution in [0.1, 0.15) is 24.8 Å². The molecule has 2 atom stereocenters. The van der Waals surface area contributed by atoms with E-state index in [1.54, 1.807) is 0 Å². The molecule has 1 fully saturated rings. The van der Waals surface area contributed by atoms with Crippen molar-refractivity contribution in [3.8, 4) is 0 Å². The van der Waals surface area contributed by atoms with Gasteiger partial charge in [-0.15, -0.1) is 0 Å². The third-order valence-electron chi connectivity index (χ3n) is 3.57. The number of nitrogens with one attached hydrogen (secondary N) is 1. The minimum Gasteiger partial charge on any atom is -0.300 e. The molecule has 2 aliphatic rings. The first-order valence-electron chi connectivity index (χ1n) is 5.70. The predicted molar refractivity (Wildman–Crippen MR) is 62.2 cm³/mol. The monoisotopic (exact) mass is 197 g/mol. The molecule has 2 unspecified atom stereocenters. The Morgan fingerprint density at radius 2 is 2.00 bits per heavy atom. The highest BCUT2D eigenvalue weighted by Crippen LogP contribution is 2.50. The summed E-state index contributed by atoms with van der Waals surface area (Å²) >= 11 is 0. The largest absolute Gasteiger partial charge is 0.300 e. The first-order valence-corrected chi connectivity index (χ1v) is 5.70. The van der Waals surface area contributed by atoms with Crippen LogP contribution >= 0.6 is 0 Å². The first-order chi connectivity index (χ1) is 7.36. The molecule has 0 aromatic heterocycles. The van der Waals surface area contributed by atoms with Gasteiger partial charge in [-0.05, 0) is 42.2 Å². The fourth-order valence-electron chi connectivity index (χ4n) is 2.61. The number of fused-ring (bicyclic) bond motifs is 1. The van der Waals surface area contributed by atoms with Crippen LogP contribution in [-0.4, -0.2) is 5.71 Å². The second-order valence-corrected chi connectivity index (χ2v) is 4.58. The SMILES string of the molecule is N=C(C1=CCCC2CC12)c1ccccc1. The fraction of sp³-hybridized carbons (Fsp3) is 0.357. The highest BCUT2D eigenvalue weighted by molar-refractivity contribution is 6.11. The zero-order valence-electron chi connectivity index (χ0n) is 8.74. The van der Waals surface area contributed by atoms with Crippen molar-refractivity contribution in [2.75, 3.05) is 0 Å². The summed E-state index contributed by atoms with van der Waals surface area (Å²) in [7, 11) is 0. The first kappa shape index (κ1) is 8.90. The van der Waals surface area contributed by atoms with E-state index in [1.165, 1.54) is 24.8 Å². The minimum atomic E-state index is 0.714. The van der Waals surface area contributed by atoms with Gasteiger partial charge in [0.05, 0.1) is 5.71 Å². The van der Waals surface area contributed by atoms with Gasteiger partial charge in [0.2, 0.25) is 0 Å². The Kier molecular flexibility index (Phi) is 1.98. The van der Waals surface area contributed by atoms with E-state index in [0.717, 1.165) is 17.2 Å². The normalized spacial score (nSPS) is 27.9. The molecule has 1 N–H and O–H groups in total. The smallest absolute Gasteiger partial charge is 0.0643 e. The standard InChI is InChI=1S/C14H15N/c15-14(10-5-2-1-3-6-10)12-8-4-7-11-9-13(11)12/h1-3,5-6,8,11,13,15H,4,7,9H2.